The molecule has 0 saturated heterocycles. The number of nitrogens with one attached hydrogen (secondary N) is 1. The van der Waals surface area contributed by atoms with Crippen LogP contribution in [0.1, 0.15) is 28.1 Å². The number of aromatic nitrogens is 2. The SMILES string of the molecule is Cc1ccc(Cc2nnc(NC(=O)Cc3ccccc3)o2)cc1C. The van der Waals surface area contributed by atoms with Crippen LogP contribution in [0, 0.1) is 13.8 Å². The van der Waals surface area contributed by atoms with Gasteiger partial charge >= 0.3 is 6.01 Å². The first-order valence-corrected chi connectivity index (χ1v) is 7.82. The molecule has 0 unspecified atom stereocenters. The third kappa shape index (κ3) is 4.07. The number of carbonyl (C=O) groups is 1. The van der Waals surface area contributed by atoms with Crippen molar-refractivity contribution >= 4 is 11.9 Å². The van der Waals surface area contributed by atoms with Crippen molar-refractivity contribution < 1.29 is 9.21 Å². The number of carbonyl (C=O) groups excluding carboxylic acids is 1. The lowest BCUT2D eigenvalue weighted by atomic mass is 10.0. The number of benzene rings is 2. The zero-order valence-corrected chi connectivity index (χ0v) is 13.7. The van der Waals surface area contributed by atoms with Gasteiger partial charge < -0.3 is 4.42 Å². The molecular formula is C19H19N3O2. The molecule has 5 nitrogen and oxygen atoms in total. The smallest absolute Gasteiger partial charge is 0.322 e. The van der Waals surface area contributed by atoms with Crippen LogP contribution in [0.5, 0.6) is 0 Å². The summed E-state index contributed by atoms with van der Waals surface area (Å²) in [6, 6.07) is 15.9. The van der Waals surface area contributed by atoms with E-state index >= 15 is 0 Å². The number of hydrogen-bond acceptors (Lipinski definition) is 4. The van der Waals surface area contributed by atoms with Gasteiger partial charge in [-0.15, -0.1) is 5.10 Å². The van der Waals surface area contributed by atoms with E-state index in [4.69, 9.17) is 4.42 Å². The lowest BCUT2D eigenvalue weighted by Gasteiger charge is -2.03. The van der Waals surface area contributed by atoms with Gasteiger partial charge in [0.05, 0.1) is 12.8 Å². The van der Waals surface area contributed by atoms with Gasteiger partial charge in [0, 0.05) is 0 Å². The molecule has 0 spiro atoms. The van der Waals surface area contributed by atoms with Crippen LogP contribution < -0.4 is 5.32 Å². The minimum Gasteiger partial charge on any atom is -0.407 e. The molecule has 122 valence electrons. The topological polar surface area (TPSA) is 68.0 Å². The maximum absolute atomic E-state index is 12.0. The third-order valence-corrected chi connectivity index (χ3v) is 3.85. The molecule has 0 atom stereocenters. The predicted octanol–water partition coefficient (Wildman–Crippen LogP) is 3.46. The molecular weight excluding hydrogens is 302 g/mol. The van der Waals surface area contributed by atoms with Gasteiger partial charge in [-0.05, 0) is 36.1 Å². The number of amides is 1. The van der Waals surface area contributed by atoms with Crippen molar-refractivity contribution in [2.24, 2.45) is 0 Å². The van der Waals surface area contributed by atoms with Crippen LogP contribution in [0.3, 0.4) is 0 Å². The predicted molar refractivity (Wildman–Crippen MR) is 91.8 cm³/mol. The second-order valence-electron chi connectivity index (χ2n) is 5.81. The molecule has 3 rings (SSSR count). The molecule has 3 aromatic rings. The Morgan fingerprint density at radius 3 is 2.54 bits per heavy atom. The van der Waals surface area contributed by atoms with Crippen molar-refractivity contribution in [1.29, 1.82) is 0 Å². The first-order valence-electron chi connectivity index (χ1n) is 7.82. The van der Waals surface area contributed by atoms with Gasteiger partial charge in [0.1, 0.15) is 0 Å². The molecule has 5 heteroatoms. The van der Waals surface area contributed by atoms with Crippen LogP contribution in [0.4, 0.5) is 6.01 Å². The molecule has 0 radical (unpaired) electrons. The molecule has 24 heavy (non-hydrogen) atoms. The lowest BCUT2D eigenvalue weighted by Crippen LogP contribution is -2.14. The van der Waals surface area contributed by atoms with Gasteiger partial charge in [-0.25, -0.2) is 0 Å². The van der Waals surface area contributed by atoms with E-state index in [0.717, 1.165) is 11.1 Å². The Morgan fingerprint density at radius 2 is 1.79 bits per heavy atom. The Labute approximate surface area is 140 Å². The quantitative estimate of drug-likeness (QED) is 0.781. The highest BCUT2D eigenvalue weighted by molar-refractivity contribution is 5.90. The van der Waals surface area contributed by atoms with Gasteiger partial charge in [-0.3, -0.25) is 10.1 Å². The van der Waals surface area contributed by atoms with E-state index in [0.29, 0.717) is 12.3 Å². The fourth-order valence-corrected chi connectivity index (χ4v) is 2.41. The Hall–Kier alpha value is -2.95. The summed E-state index contributed by atoms with van der Waals surface area (Å²) in [5, 5.41) is 10.5. The highest BCUT2D eigenvalue weighted by Crippen LogP contribution is 2.15. The van der Waals surface area contributed by atoms with Crippen LogP contribution in [0.2, 0.25) is 0 Å². The summed E-state index contributed by atoms with van der Waals surface area (Å²) >= 11 is 0. The second-order valence-corrected chi connectivity index (χ2v) is 5.81. The standard InChI is InChI=1S/C19H19N3O2/c1-13-8-9-16(10-14(13)2)12-18-21-22-19(24-18)20-17(23)11-15-6-4-3-5-7-15/h3-10H,11-12H2,1-2H3,(H,20,22,23). The largest absolute Gasteiger partial charge is 0.407 e. The summed E-state index contributed by atoms with van der Waals surface area (Å²) in [5.41, 5.74) is 4.51. The Morgan fingerprint density at radius 1 is 1.00 bits per heavy atom. The molecule has 0 saturated carbocycles. The molecule has 1 aromatic heterocycles. The minimum atomic E-state index is -0.178. The van der Waals surface area contributed by atoms with Crippen molar-refractivity contribution in [2.75, 3.05) is 5.32 Å². The number of rotatable bonds is 5. The van der Waals surface area contributed by atoms with Crippen molar-refractivity contribution in [3.63, 3.8) is 0 Å². The van der Waals surface area contributed by atoms with E-state index in [2.05, 4.69) is 41.5 Å². The van der Waals surface area contributed by atoms with Crippen molar-refractivity contribution in [3.8, 4) is 0 Å². The van der Waals surface area contributed by atoms with E-state index < -0.39 is 0 Å². The van der Waals surface area contributed by atoms with E-state index in [1.54, 1.807) is 0 Å². The Bertz CT molecular complexity index is 841. The number of aryl methyl sites for hydroxylation is 2. The normalized spacial score (nSPS) is 10.6. The van der Waals surface area contributed by atoms with Gasteiger partial charge in [-0.2, -0.15) is 0 Å². The van der Waals surface area contributed by atoms with Gasteiger partial charge in [-0.1, -0.05) is 53.6 Å². The zero-order valence-electron chi connectivity index (χ0n) is 13.7. The van der Waals surface area contributed by atoms with Crippen molar-refractivity contribution in [2.45, 2.75) is 26.7 Å². The molecule has 1 amide bonds. The summed E-state index contributed by atoms with van der Waals surface area (Å²) in [6.07, 6.45) is 0.818. The third-order valence-electron chi connectivity index (χ3n) is 3.85. The van der Waals surface area contributed by atoms with Crippen LogP contribution in [-0.2, 0) is 17.6 Å². The molecule has 2 aromatic carbocycles. The van der Waals surface area contributed by atoms with Crippen LogP contribution in [0.15, 0.2) is 52.9 Å². The van der Waals surface area contributed by atoms with Crippen LogP contribution >= 0.6 is 0 Å². The fourth-order valence-electron chi connectivity index (χ4n) is 2.41. The summed E-state index contributed by atoms with van der Waals surface area (Å²) in [4.78, 5) is 12.0. The maximum atomic E-state index is 12.0. The fraction of sp³-hybridized carbons (Fsp3) is 0.211. The highest BCUT2D eigenvalue weighted by Gasteiger charge is 2.11. The molecule has 0 fully saturated rings. The van der Waals surface area contributed by atoms with E-state index in [1.807, 2.05) is 36.4 Å². The number of hydrogen-bond donors (Lipinski definition) is 1. The van der Waals surface area contributed by atoms with E-state index in [-0.39, 0.29) is 18.3 Å². The molecule has 0 aliphatic heterocycles. The van der Waals surface area contributed by atoms with Crippen molar-refractivity contribution in [3.05, 3.63) is 76.7 Å². The summed E-state index contributed by atoms with van der Waals surface area (Å²) in [6.45, 7) is 4.15. The monoisotopic (exact) mass is 321 g/mol. The van der Waals surface area contributed by atoms with E-state index in [9.17, 15) is 4.79 Å². The second kappa shape index (κ2) is 7.08. The highest BCUT2D eigenvalue weighted by atomic mass is 16.4. The first kappa shape index (κ1) is 15.9. The minimum absolute atomic E-state index is 0.134. The number of nitrogens with zero attached hydrogens (tertiary/aromatic N) is 2. The average Bonchev–Trinajstić information content (AvgIpc) is 2.98. The zero-order chi connectivity index (χ0) is 16.9. The summed E-state index contributed by atoms with van der Waals surface area (Å²) in [7, 11) is 0. The molecule has 0 aliphatic carbocycles. The Balaban J connectivity index is 1.60. The summed E-state index contributed by atoms with van der Waals surface area (Å²) < 4.78 is 5.51. The molecule has 0 aliphatic rings. The molecule has 0 bridgehead atoms. The first-order chi connectivity index (χ1) is 11.6. The molecule has 1 heterocycles. The Kier molecular flexibility index (Phi) is 4.70. The maximum Gasteiger partial charge on any atom is 0.322 e. The molecule has 1 N–H and O–H groups in total. The van der Waals surface area contributed by atoms with Gasteiger partial charge in [0.25, 0.3) is 0 Å². The lowest BCUT2D eigenvalue weighted by molar-refractivity contribution is -0.115. The van der Waals surface area contributed by atoms with Crippen molar-refractivity contribution in [1.82, 2.24) is 10.2 Å². The van der Waals surface area contributed by atoms with Crippen LogP contribution in [0.25, 0.3) is 0 Å². The van der Waals surface area contributed by atoms with Gasteiger partial charge in [0.15, 0.2) is 0 Å². The summed E-state index contributed by atoms with van der Waals surface area (Å²) in [5.74, 6) is 0.302. The number of anilines is 1. The average molecular weight is 321 g/mol. The van der Waals surface area contributed by atoms with Gasteiger partial charge in [0.2, 0.25) is 11.8 Å². The van der Waals surface area contributed by atoms with Crippen LogP contribution in [-0.4, -0.2) is 16.1 Å². The van der Waals surface area contributed by atoms with E-state index in [1.165, 1.54) is 11.1 Å².